The summed E-state index contributed by atoms with van der Waals surface area (Å²) in [6, 6.07) is 2.58. The topological polar surface area (TPSA) is 110 Å². The number of halogens is 2. The van der Waals surface area contributed by atoms with Crippen molar-refractivity contribution < 1.29 is 27.2 Å². The summed E-state index contributed by atoms with van der Waals surface area (Å²) in [5.74, 6) is -2.84. The lowest BCUT2D eigenvalue weighted by molar-refractivity contribution is 0.0696. The number of carboxylic acids is 1. The van der Waals surface area contributed by atoms with Crippen molar-refractivity contribution in [3.63, 3.8) is 0 Å². The summed E-state index contributed by atoms with van der Waals surface area (Å²) in [4.78, 5) is 10.3. The lowest BCUT2D eigenvalue weighted by Crippen LogP contribution is -2.14. The van der Waals surface area contributed by atoms with Crippen molar-refractivity contribution in [2.75, 3.05) is 4.72 Å². The van der Waals surface area contributed by atoms with Gasteiger partial charge in [-0.15, -0.1) is 0 Å². The van der Waals surface area contributed by atoms with Gasteiger partial charge in [0, 0.05) is 6.07 Å². The number of carbonyl (C=O) groups is 1. The first kappa shape index (κ1) is 14.3. The van der Waals surface area contributed by atoms with Crippen molar-refractivity contribution in [3.05, 3.63) is 40.9 Å². The Kier molecular flexibility index (Phi) is 3.64. The van der Waals surface area contributed by atoms with Crippen LogP contribution in [0.2, 0.25) is 5.02 Å². The average Bonchev–Trinajstić information content (AvgIpc) is 2.83. The molecule has 2 rings (SSSR count). The molecule has 0 unspecified atom stereocenters. The van der Waals surface area contributed by atoms with Crippen LogP contribution in [-0.4, -0.2) is 24.7 Å². The van der Waals surface area contributed by atoms with Crippen LogP contribution in [0.1, 0.15) is 10.4 Å². The molecule has 0 aliphatic rings. The van der Waals surface area contributed by atoms with Crippen LogP contribution in [0.3, 0.4) is 0 Å². The van der Waals surface area contributed by atoms with E-state index >= 15 is 0 Å². The van der Waals surface area contributed by atoms with Crippen molar-refractivity contribution in [3.8, 4) is 0 Å². The van der Waals surface area contributed by atoms with E-state index < -0.39 is 37.3 Å². The second-order valence-electron chi connectivity index (χ2n) is 3.56. The fraction of sp³-hybridized carbons (Fsp3) is 0. The molecular formula is C10H6ClFN2O5S. The van der Waals surface area contributed by atoms with Gasteiger partial charge in [-0.05, 0) is 12.1 Å². The van der Waals surface area contributed by atoms with Crippen LogP contribution in [0, 0.1) is 5.82 Å². The zero-order chi connectivity index (χ0) is 14.9. The third kappa shape index (κ3) is 2.73. The van der Waals surface area contributed by atoms with Crippen LogP contribution in [0.4, 0.5) is 10.2 Å². The molecule has 1 aromatic carbocycles. The fourth-order valence-corrected chi connectivity index (χ4v) is 2.56. The number of hydrogen-bond acceptors (Lipinski definition) is 5. The van der Waals surface area contributed by atoms with Crippen LogP contribution in [0.15, 0.2) is 33.9 Å². The van der Waals surface area contributed by atoms with Gasteiger partial charge < -0.3 is 9.63 Å². The molecular weight excluding hydrogens is 315 g/mol. The molecule has 1 heterocycles. The van der Waals surface area contributed by atoms with Crippen LogP contribution in [0.25, 0.3) is 0 Å². The van der Waals surface area contributed by atoms with E-state index in [0.29, 0.717) is 6.07 Å². The van der Waals surface area contributed by atoms with E-state index in [2.05, 4.69) is 9.68 Å². The number of sulfonamides is 1. The van der Waals surface area contributed by atoms with Crippen molar-refractivity contribution in [1.29, 1.82) is 0 Å². The SMILES string of the molecule is O=C(O)c1cc(S(=O)(=O)Nc2ccon2)cc(F)c1Cl. The molecule has 0 radical (unpaired) electrons. The molecule has 0 aliphatic carbocycles. The highest BCUT2D eigenvalue weighted by Crippen LogP contribution is 2.25. The number of benzene rings is 1. The molecule has 0 saturated carbocycles. The molecule has 0 amide bonds. The molecule has 0 saturated heterocycles. The number of aromatic nitrogens is 1. The van der Waals surface area contributed by atoms with Crippen LogP contribution in [-0.2, 0) is 10.0 Å². The lowest BCUT2D eigenvalue weighted by atomic mass is 10.2. The number of rotatable bonds is 4. The van der Waals surface area contributed by atoms with Crippen molar-refractivity contribution in [2.45, 2.75) is 4.90 Å². The maximum absolute atomic E-state index is 13.5. The van der Waals surface area contributed by atoms with Crippen LogP contribution in [0.5, 0.6) is 0 Å². The summed E-state index contributed by atoms with van der Waals surface area (Å²) in [6.45, 7) is 0. The van der Waals surface area contributed by atoms with Gasteiger partial charge >= 0.3 is 5.97 Å². The Morgan fingerprint density at radius 1 is 1.45 bits per heavy atom. The molecule has 10 heteroatoms. The number of aromatic carboxylic acids is 1. The van der Waals surface area contributed by atoms with Gasteiger partial charge in [-0.3, -0.25) is 4.72 Å². The third-order valence-electron chi connectivity index (χ3n) is 2.22. The van der Waals surface area contributed by atoms with Crippen LogP contribution >= 0.6 is 11.6 Å². The Balaban J connectivity index is 2.49. The van der Waals surface area contributed by atoms with E-state index in [9.17, 15) is 17.6 Å². The molecule has 0 spiro atoms. The highest BCUT2D eigenvalue weighted by molar-refractivity contribution is 7.92. The second-order valence-corrected chi connectivity index (χ2v) is 5.62. The Hall–Kier alpha value is -2.13. The van der Waals surface area contributed by atoms with E-state index in [1.54, 1.807) is 0 Å². The molecule has 2 N–H and O–H groups in total. The smallest absolute Gasteiger partial charge is 0.337 e. The van der Waals surface area contributed by atoms with E-state index in [-0.39, 0.29) is 5.82 Å². The van der Waals surface area contributed by atoms with Gasteiger partial charge in [-0.25, -0.2) is 17.6 Å². The minimum absolute atomic E-state index is 0.128. The highest BCUT2D eigenvalue weighted by Gasteiger charge is 2.22. The quantitative estimate of drug-likeness (QED) is 0.891. The van der Waals surface area contributed by atoms with Crippen LogP contribution < -0.4 is 4.72 Å². The molecule has 2 aromatic rings. The summed E-state index contributed by atoms with van der Waals surface area (Å²) in [5, 5.41) is 11.5. The van der Waals surface area contributed by atoms with Crippen molar-refractivity contribution in [2.24, 2.45) is 0 Å². The summed E-state index contributed by atoms with van der Waals surface area (Å²) in [6.07, 6.45) is 1.13. The van der Waals surface area contributed by atoms with Gasteiger partial charge in [-0.2, -0.15) is 0 Å². The minimum Gasteiger partial charge on any atom is -0.478 e. The van der Waals surface area contributed by atoms with E-state index in [1.807, 2.05) is 4.72 Å². The minimum atomic E-state index is -4.21. The van der Waals surface area contributed by atoms with Crippen molar-refractivity contribution >= 4 is 33.4 Å². The van der Waals surface area contributed by atoms with Crippen molar-refractivity contribution in [1.82, 2.24) is 5.16 Å². The van der Waals surface area contributed by atoms with Gasteiger partial charge in [0.15, 0.2) is 5.82 Å². The molecule has 0 bridgehead atoms. The largest absolute Gasteiger partial charge is 0.478 e. The zero-order valence-corrected chi connectivity index (χ0v) is 11.1. The molecule has 1 aromatic heterocycles. The standard InChI is InChI=1S/C10H6ClFN2O5S/c11-9-6(10(15)16)3-5(4-7(9)12)20(17,18)14-8-1-2-19-13-8/h1-4H,(H,13,14)(H,15,16). The number of carboxylic acid groups (broad SMARTS) is 1. The summed E-state index contributed by atoms with van der Waals surface area (Å²) >= 11 is 5.45. The lowest BCUT2D eigenvalue weighted by Gasteiger charge is -2.07. The Labute approximate surface area is 117 Å². The predicted molar refractivity (Wildman–Crippen MR) is 65.7 cm³/mol. The Morgan fingerprint density at radius 2 is 2.15 bits per heavy atom. The van der Waals surface area contributed by atoms with Gasteiger partial charge in [0.1, 0.15) is 12.1 Å². The Morgan fingerprint density at radius 3 is 2.70 bits per heavy atom. The number of nitrogens with one attached hydrogen (secondary N) is 1. The van der Waals surface area contributed by atoms with Gasteiger partial charge in [0.2, 0.25) is 0 Å². The van der Waals surface area contributed by atoms with E-state index in [1.165, 1.54) is 6.07 Å². The molecule has 0 aliphatic heterocycles. The molecule has 20 heavy (non-hydrogen) atoms. The first-order chi connectivity index (χ1) is 9.31. The molecule has 0 atom stereocenters. The fourth-order valence-electron chi connectivity index (χ4n) is 1.34. The second kappa shape index (κ2) is 5.10. The number of nitrogens with zero attached hydrogens (tertiary/aromatic N) is 1. The zero-order valence-electron chi connectivity index (χ0n) is 9.50. The first-order valence-electron chi connectivity index (χ1n) is 4.97. The normalized spacial score (nSPS) is 11.3. The van der Waals surface area contributed by atoms with Gasteiger partial charge in [0.05, 0.1) is 15.5 Å². The third-order valence-corrected chi connectivity index (χ3v) is 3.94. The van der Waals surface area contributed by atoms with E-state index in [0.717, 1.165) is 12.3 Å². The molecule has 106 valence electrons. The summed E-state index contributed by atoms with van der Waals surface area (Å²) in [5.41, 5.74) is -0.660. The average molecular weight is 321 g/mol. The molecule has 0 fully saturated rings. The maximum atomic E-state index is 13.5. The first-order valence-corrected chi connectivity index (χ1v) is 6.83. The number of anilines is 1. The summed E-state index contributed by atoms with van der Waals surface area (Å²) in [7, 11) is -4.21. The summed E-state index contributed by atoms with van der Waals surface area (Å²) < 4.78 is 43.8. The molecule has 7 nitrogen and oxygen atoms in total. The predicted octanol–water partition coefficient (Wildman–Crippen LogP) is 1.97. The highest BCUT2D eigenvalue weighted by atomic mass is 35.5. The van der Waals surface area contributed by atoms with Gasteiger partial charge in [0.25, 0.3) is 10.0 Å². The maximum Gasteiger partial charge on any atom is 0.337 e. The number of hydrogen-bond donors (Lipinski definition) is 2. The van der Waals surface area contributed by atoms with Gasteiger partial charge in [-0.1, -0.05) is 16.8 Å². The monoisotopic (exact) mass is 320 g/mol. The Bertz CT molecular complexity index is 760. The van der Waals surface area contributed by atoms with E-state index in [4.69, 9.17) is 16.7 Å².